The smallest absolute Gasteiger partial charge is 0.134 e. The first-order valence-corrected chi connectivity index (χ1v) is 3.76. The van der Waals surface area contributed by atoms with Crippen molar-refractivity contribution in [3.05, 3.63) is 34.9 Å². The molecule has 0 bridgehead atoms. The maximum Gasteiger partial charge on any atom is 0.134 e. The molecule has 1 fully saturated rings. The van der Waals surface area contributed by atoms with Gasteiger partial charge < -0.3 is 4.74 Å². The Labute approximate surface area is 69.0 Å². The van der Waals surface area contributed by atoms with E-state index in [9.17, 15) is 8.78 Å². The summed E-state index contributed by atoms with van der Waals surface area (Å²) in [7, 11) is 0. The Balaban J connectivity index is 2.55. The number of aryl methyl sites for hydroxylation is 1. The standard InChI is InChI=1S/C9H8F2O/c1-5-2-3-6(10)8(9(5)11)7-4-12-7/h2-3,7H,4H2,1H3/t7-/m1/s1. The molecule has 0 unspecified atom stereocenters. The minimum absolute atomic E-state index is 0.0787. The largest absolute Gasteiger partial charge is 0.368 e. The lowest BCUT2D eigenvalue weighted by Gasteiger charge is -2.02. The third-order valence-corrected chi connectivity index (χ3v) is 1.97. The van der Waals surface area contributed by atoms with E-state index < -0.39 is 11.6 Å². The van der Waals surface area contributed by atoms with Gasteiger partial charge in [-0.2, -0.15) is 0 Å². The Hall–Kier alpha value is -0.960. The van der Waals surface area contributed by atoms with E-state index in [1.807, 2.05) is 0 Å². The SMILES string of the molecule is Cc1ccc(F)c([C@H]2CO2)c1F. The van der Waals surface area contributed by atoms with Crippen molar-refractivity contribution in [3.8, 4) is 0 Å². The van der Waals surface area contributed by atoms with Crippen LogP contribution in [0.4, 0.5) is 8.78 Å². The highest BCUT2D eigenvalue weighted by Gasteiger charge is 2.31. The second-order valence-electron chi connectivity index (χ2n) is 2.91. The van der Waals surface area contributed by atoms with Crippen molar-refractivity contribution >= 4 is 0 Å². The Morgan fingerprint density at radius 1 is 1.42 bits per heavy atom. The van der Waals surface area contributed by atoms with E-state index in [0.29, 0.717) is 12.2 Å². The van der Waals surface area contributed by atoms with Crippen LogP contribution in [0.2, 0.25) is 0 Å². The molecule has 1 nitrogen and oxygen atoms in total. The molecule has 0 saturated carbocycles. The van der Waals surface area contributed by atoms with Crippen LogP contribution in [0.3, 0.4) is 0 Å². The van der Waals surface area contributed by atoms with Gasteiger partial charge >= 0.3 is 0 Å². The van der Waals surface area contributed by atoms with E-state index in [1.165, 1.54) is 12.1 Å². The van der Waals surface area contributed by atoms with Crippen molar-refractivity contribution in [3.63, 3.8) is 0 Å². The van der Waals surface area contributed by atoms with E-state index in [0.717, 1.165) is 0 Å². The molecule has 0 aromatic heterocycles. The molecule has 0 amide bonds. The first-order chi connectivity index (χ1) is 5.70. The van der Waals surface area contributed by atoms with Gasteiger partial charge in [0.2, 0.25) is 0 Å². The van der Waals surface area contributed by atoms with Crippen LogP contribution < -0.4 is 0 Å². The zero-order valence-electron chi connectivity index (χ0n) is 6.60. The van der Waals surface area contributed by atoms with E-state index in [1.54, 1.807) is 6.92 Å². The van der Waals surface area contributed by atoms with E-state index in [-0.39, 0.29) is 11.7 Å². The third kappa shape index (κ3) is 1.10. The van der Waals surface area contributed by atoms with E-state index >= 15 is 0 Å². The van der Waals surface area contributed by atoms with Crippen LogP contribution in [0.15, 0.2) is 12.1 Å². The second kappa shape index (κ2) is 2.52. The van der Waals surface area contributed by atoms with Gasteiger partial charge in [0, 0.05) is 0 Å². The fraction of sp³-hybridized carbons (Fsp3) is 0.333. The number of hydrogen-bond acceptors (Lipinski definition) is 1. The molecular formula is C9H8F2O. The molecule has 0 radical (unpaired) electrons. The van der Waals surface area contributed by atoms with Crippen molar-refractivity contribution < 1.29 is 13.5 Å². The summed E-state index contributed by atoms with van der Waals surface area (Å²) in [6, 6.07) is 2.70. The van der Waals surface area contributed by atoms with Gasteiger partial charge in [-0.1, -0.05) is 6.07 Å². The molecule has 1 saturated heterocycles. The van der Waals surface area contributed by atoms with Gasteiger partial charge in [-0.15, -0.1) is 0 Å². The third-order valence-electron chi connectivity index (χ3n) is 1.97. The molecule has 1 aromatic carbocycles. The number of benzene rings is 1. The fourth-order valence-electron chi connectivity index (χ4n) is 1.19. The summed E-state index contributed by atoms with van der Waals surface area (Å²) in [6.45, 7) is 2.04. The number of halogens is 2. The molecule has 1 heterocycles. The zero-order chi connectivity index (χ0) is 8.72. The molecule has 0 N–H and O–H groups in total. The molecule has 0 spiro atoms. The second-order valence-corrected chi connectivity index (χ2v) is 2.91. The van der Waals surface area contributed by atoms with Crippen LogP contribution in [0.1, 0.15) is 17.2 Å². The van der Waals surface area contributed by atoms with E-state index in [4.69, 9.17) is 4.74 Å². The van der Waals surface area contributed by atoms with Crippen molar-refractivity contribution in [1.29, 1.82) is 0 Å². The maximum atomic E-state index is 13.2. The lowest BCUT2D eigenvalue weighted by atomic mass is 10.1. The minimum atomic E-state index is -0.513. The summed E-state index contributed by atoms with van der Waals surface area (Å²) in [6.07, 6.45) is -0.357. The number of epoxide rings is 1. The first kappa shape index (κ1) is 7.68. The maximum absolute atomic E-state index is 13.2. The molecule has 3 heteroatoms. The van der Waals surface area contributed by atoms with Gasteiger partial charge in [-0.05, 0) is 18.6 Å². The predicted octanol–water partition coefficient (Wildman–Crippen LogP) is 2.34. The summed E-state index contributed by atoms with van der Waals surface area (Å²) in [5.74, 6) is -0.988. The molecule has 12 heavy (non-hydrogen) atoms. The van der Waals surface area contributed by atoms with Gasteiger partial charge in [-0.25, -0.2) is 8.78 Å². The highest BCUT2D eigenvalue weighted by molar-refractivity contribution is 5.30. The number of hydrogen-bond donors (Lipinski definition) is 0. The lowest BCUT2D eigenvalue weighted by molar-refractivity contribution is 0.397. The predicted molar refractivity (Wildman–Crippen MR) is 39.8 cm³/mol. The summed E-state index contributed by atoms with van der Waals surface area (Å²) in [4.78, 5) is 0. The Kier molecular flexibility index (Phi) is 1.61. The molecular weight excluding hydrogens is 162 g/mol. The summed E-state index contributed by atoms with van der Waals surface area (Å²) < 4.78 is 31.1. The van der Waals surface area contributed by atoms with Crippen molar-refractivity contribution in [1.82, 2.24) is 0 Å². The average molecular weight is 170 g/mol. The normalized spacial score (nSPS) is 21.1. The van der Waals surface area contributed by atoms with Crippen molar-refractivity contribution in [2.75, 3.05) is 6.61 Å². The Morgan fingerprint density at radius 2 is 2.08 bits per heavy atom. The van der Waals surface area contributed by atoms with Gasteiger partial charge in [0.25, 0.3) is 0 Å². The summed E-state index contributed by atoms with van der Waals surface area (Å²) in [5.41, 5.74) is 0.539. The molecule has 2 rings (SSSR count). The first-order valence-electron chi connectivity index (χ1n) is 3.76. The zero-order valence-corrected chi connectivity index (χ0v) is 6.60. The Bertz CT molecular complexity index is 319. The summed E-state index contributed by atoms with van der Waals surface area (Å²) >= 11 is 0. The monoisotopic (exact) mass is 170 g/mol. The van der Waals surface area contributed by atoms with Crippen LogP contribution in [0.5, 0.6) is 0 Å². The Morgan fingerprint density at radius 3 is 2.67 bits per heavy atom. The summed E-state index contributed by atoms with van der Waals surface area (Å²) in [5, 5.41) is 0. The van der Waals surface area contributed by atoms with Crippen LogP contribution in [-0.4, -0.2) is 6.61 Å². The van der Waals surface area contributed by atoms with Gasteiger partial charge in [0.1, 0.15) is 17.7 Å². The topological polar surface area (TPSA) is 12.5 Å². The fourth-order valence-corrected chi connectivity index (χ4v) is 1.19. The minimum Gasteiger partial charge on any atom is -0.368 e. The highest BCUT2D eigenvalue weighted by atomic mass is 19.1. The highest BCUT2D eigenvalue weighted by Crippen LogP contribution is 2.34. The van der Waals surface area contributed by atoms with Crippen LogP contribution in [-0.2, 0) is 4.74 Å². The molecule has 1 atom stereocenters. The van der Waals surface area contributed by atoms with Crippen molar-refractivity contribution in [2.24, 2.45) is 0 Å². The molecule has 64 valence electrons. The number of rotatable bonds is 1. The molecule has 1 aliphatic heterocycles. The average Bonchev–Trinajstić information content (AvgIpc) is 2.81. The van der Waals surface area contributed by atoms with Gasteiger partial charge in [0.05, 0.1) is 12.2 Å². The molecule has 1 aromatic rings. The van der Waals surface area contributed by atoms with E-state index in [2.05, 4.69) is 0 Å². The number of ether oxygens (including phenoxy) is 1. The lowest BCUT2D eigenvalue weighted by Crippen LogP contribution is -1.96. The quantitative estimate of drug-likeness (QED) is 0.589. The van der Waals surface area contributed by atoms with Crippen LogP contribution in [0, 0.1) is 18.6 Å². The van der Waals surface area contributed by atoms with Crippen LogP contribution in [0.25, 0.3) is 0 Å². The molecule has 1 aliphatic rings. The van der Waals surface area contributed by atoms with Gasteiger partial charge in [0.15, 0.2) is 0 Å². The van der Waals surface area contributed by atoms with Crippen LogP contribution >= 0.6 is 0 Å². The molecule has 0 aliphatic carbocycles. The van der Waals surface area contributed by atoms with Crippen molar-refractivity contribution in [2.45, 2.75) is 13.0 Å². The van der Waals surface area contributed by atoms with Gasteiger partial charge in [-0.3, -0.25) is 0 Å².